The standard InChI is InChI=1S/C29H30F3N3O3/c1-2-21-17-35(16-18-3-5-22(6-4-18)29(30,31)32)12-11-28(21,38)23-7-9-25-19(14-23)13-20(15-33-25)24-8-10-26(36)34-27(24)37/h3-7,9,13-15,21,24,38H,2,8,10-12,16-17H2,1H3,(H,34,36,37)/t21-,24?,28-/m1/s1. The number of rotatable bonds is 5. The Morgan fingerprint density at radius 3 is 2.58 bits per heavy atom. The summed E-state index contributed by atoms with van der Waals surface area (Å²) in [6, 6.07) is 12.9. The summed E-state index contributed by atoms with van der Waals surface area (Å²) < 4.78 is 38.7. The number of pyridine rings is 1. The lowest BCUT2D eigenvalue weighted by Gasteiger charge is -2.45. The van der Waals surface area contributed by atoms with Crippen molar-refractivity contribution in [3.05, 3.63) is 77.0 Å². The molecular formula is C29H30F3N3O3. The molecular weight excluding hydrogens is 495 g/mol. The number of piperidine rings is 2. The van der Waals surface area contributed by atoms with Gasteiger partial charge in [-0.1, -0.05) is 25.1 Å². The molecule has 3 atom stereocenters. The number of likely N-dealkylation sites (tertiary alicyclic amines) is 1. The summed E-state index contributed by atoms with van der Waals surface area (Å²) in [6.07, 6.45) is -0.745. The second kappa shape index (κ2) is 10.1. The molecule has 38 heavy (non-hydrogen) atoms. The molecule has 1 unspecified atom stereocenters. The van der Waals surface area contributed by atoms with Crippen LogP contribution in [0.15, 0.2) is 54.7 Å². The van der Waals surface area contributed by atoms with E-state index in [0.29, 0.717) is 32.5 Å². The number of amides is 2. The molecule has 0 aliphatic carbocycles. The Labute approximate surface area is 218 Å². The highest BCUT2D eigenvalue weighted by atomic mass is 19.4. The molecule has 2 fully saturated rings. The first kappa shape index (κ1) is 26.3. The van der Waals surface area contributed by atoms with Crippen LogP contribution in [0.25, 0.3) is 10.9 Å². The van der Waals surface area contributed by atoms with Crippen molar-refractivity contribution >= 4 is 22.7 Å². The zero-order valence-corrected chi connectivity index (χ0v) is 21.1. The molecule has 0 radical (unpaired) electrons. The summed E-state index contributed by atoms with van der Waals surface area (Å²) in [6.45, 7) is 3.75. The van der Waals surface area contributed by atoms with Crippen molar-refractivity contribution in [2.75, 3.05) is 13.1 Å². The lowest BCUT2D eigenvalue weighted by Crippen LogP contribution is -2.49. The Kier molecular flexibility index (Phi) is 7.00. The van der Waals surface area contributed by atoms with Crippen LogP contribution in [-0.2, 0) is 27.9 Å². The maximum absolute atomic E-state index is 12.9. The van der Waals surface area contributed by atoms with E-state index in [-0.39, 0.29) is 24.2 Å². The second-order valence-electron chi connectivity index (χ2n) is 10.4. The van der Waals surface area contributed by atoms with Gasteiger partial charge in [0.1, 0.15) is 0 Å². The van der Waals surface area contributed by atoms with E-state index >= 15 is 0 Å². The van der Waals surface area contributed by atoms with Gasteiger partial charge in [0.05, 0.1) is 22.6 Å². The summed E-state index contributed by atoms with van der Waals surface area (Å²) in [5.74, 6) is -1.09. The molecule has 2 saturated heterocycles. The van der Waals surface area contributed by atoms with Crippen molar-refractivity contribution in [2.45, 2.75) is 56.8 Å². The van der Waals surface area contributed by atoms with Gasteiger partial charge in [-0.2, -0.15) is 13.2 Å². The van der Waals surface area contributed by atoms with Crippen molar-refractivity contribution in [1.82, 2.24) is 15.2 Å². The molecule has 0 bridgehead atoms. The third-order valence-corrected chi connectivity index (χ3v) is 7.99. The molecule has 2 aromatic carbocycles. The first-order valence-corrected chi connectivity index (χ1v) is 12.9. The highest BCUT2D eigenvalue weighted by Crippen LogP contribution is 2.41. The third-order valence-electron chi connectivity index (χ3n) is 7.99. The maximum atomic E-state index is 12.9. The van der Waals surface area contributed by atoms with E-state index < -0.39 is 23.3 Å². The van der Waals surface area contributed by atoms with Gasteiger partial charge in [-0.3, -0.25) is 24.8 Å². The predicted molar refractivity (Wildman–Crippen MR) is 136 cm³/mol. The molecule has 1 aromatic heterocycles. The maximum Gasteiger partial charge on any atom is 0.416 e. The van der Waals surface area contributed by atoms with Crippen LogP contribution >= 0.6 is 0 Å². The topological polar surface area (TPSA) is 82.5 Å². The van der Waals surface area contributed by atoms with Gasteiger partial charge in [0, 0.05) is 43.6 Å². The molecule has 6 nitrogen and oxygen atoms in total. The molecule has 2 aliphatic heterocycles. The van der Waals surface area contributed by atoms with Gasteiger partial charge in [0.15, 0.2) is 0 Å². The fourth-order valence-corrected chi connectivity index (χ4v) is 5.75. The van der Waals surface area contributed by atoms with E-state index in [4.69, 9.17) is 0 Å². The zero-order chi connectivity index (χ0) is 27.1. The number of imide groups is 1. The molecule has 2 aliphatic rings. The monoisotopic (exact) mass is 525 g/mol. The van der Waals surface area contributed by atoms with Crippen molar-refractivity contribution in [3.8, 4) is 0 Å². The minimum Gasteiger partial charge on any atom is -0.385 e. The molecule has 9 heteroatoms. The number of halogens is 3. The van der Waals surface area contributed by atoms with Crippen LogP contribution in [0, 0.1) is 5.92 Å². The highest BCUT2D eigenvalue weighted by molar-refractivity contribution is 6.01. The van der Waals surface area contributed by atoms with Crippen molar-refractivity contribution in [2.24, 2.45) is 5.92 Å². The fraction of sp³-hybridized carbons (Fsp3) is 0.414. The van der Waals surface area contributed by atoms with Crippen LogP contribution in [0.4, 0.5) is 13.2 Å². The minimum atomic E-state index is -4.36. The van der Waals surface area contributed by atoms with Gasteiger partial charge in [-0.15, -0.1) is 0 Å². The van der Waals surface area contributed by atoms with Crippen LogP contribution in [0.5, 0.6) is 0 Å². The zero-order valence-electron chi connectivity index (χ0n) is 21.1. The number of hydrogen-bond donors (Lipinski definition) is 2. The smallest absolute Gasteiger partial charge is 0.385 e. The van der Waals surface area contributed by atoms with Crippen molar-refractivity contribution in [3.63, 3.8) is 0 Å². The largest absolute Gasteiger partial charge is 0.416 e. The Balaban J connectivity index is 1.34. The third kappa shape index (κ3) is 5.17. The van der Waals surface area contributed by atoms with Crippen molar-refractivity contribution < 1.29 is 27.9 Å². The van der Waals surface area contributed by atoms with Gasteiger partial charge >= 0.3 is 6.18 Å². The molecule has 200 valence electrons. The second-order valence-corrected chi connectivity index (χ2v) is 10.4. The van der Waals surface area contributed by atoms with Gasteiger partial charge in [0.2, 0.25) is 11.8 Å². The molecule has 2 amide bonds. The number of alkyl halides is 3. The van der Waals surface area contributed by atoms with Crippen LogP contribution in [0.3, 0.4) is 0 Å². The van der Waals surface area contributed by atoms with Crippen LogP contribution in [0.2, 0.25) is 0 Å². The minimum absolute atomic E-state index is 0.0746. The van der Waals surface area contributed by atoms with E-state index in [1.807, 2.05) is 31.2 Å². The number of aromatic nitrogens is 1. The quantitative estimate of drug-likeness (QED) is 0.464. The van der Waals surface area contributed by atoms with Gasteiger partial charge in [-0.25, -0.2) is 0 Å². The number of benzene rings is 2. The number of carbonyl (C=O) groups is 2. The number of fused-ring (bicyclic) bond motifs is 1. The van der Waals surface area contributed by atoms with Crippen LogP contribution < -0.4 is 5.32 Å². The van der Waals surface area contributed by atoms with E-state index in [9.17, 15) is 27.9 Å². The number of hydrogen-bond acceptors (Lipinski definition) is 5. The van der Waals surface area contributed by atoms with Crippen molar-refractivity contribution in [1.29, 1.82) is 0 Å². The predicted octanol–water partition coefficient (Wildman–Crippen LogP) is 4.89. The summed E-state index contributed by atoms with van der Waals surface area (Å²) >= 11 is 0. The van der Waals surface area contributed by atoms with E-state index in [0.717, 1.165) is 46.1 Å². The summed E-state index contributed by atoms with van der Waals surface area (Å²) in [5.41, 5.74) is 1.35. The summed E-state index contributed by atoms with van der Waals surface area (Å²) in [7, 11) is 0. The number of nitrogens with zero attached hydrogens (tertiary/aromatic N) is 2. The lowest BCUT2D eigenvalue weighted by atomic mass is 9.74. The lowest BCUT2D eigenvalue weighted by molar-refractivity contribution is -0.138. The van der Waals surface area contributed by atoms with Crippen LogP contribution in [-0.4, -0.2) is 39.9 Å². The average molecular weight is 526 g/mol. The fourth-order valence-electron chi connectivity index (χ4n) is 5.75. The van der Waals surface area contributed by atoms with Gasteiger partial charge in [-0.05, 0) is 66.3 Å². The molecule has 0 spiro atoms. The number of nitrogens with one attached hydrogen (secondary N) is 1. The molecule has 3 aromatic rings. The molecule has 3 heterocycles. The normalized spacial score (nSPS) is 25.0. The first-order chi connectivity index (χ1) is 18.1. The first-order valence-electron chi connectivity index (χ1n) is 12.9. The summed E-state index contributed by atoms with van der Waals surface area (Å²) in [5, 5.41) is 15.1. The molecule has 2 N–H and O–H groups in total. The average Bonchev–Trinajstić information content (AvgIpc) is 2.89. The number of carbonyl (C=O) groups excluding carboxylic acids is 2. The Morgan fingerprint density at radius 1 is 1.13 bits per heavy atom. The van der Waals surface area contributed by atoms with E-state index in [1.165, 1.54) is 12.1 Å². The Morgan fingerprint density at radius 2 is 1.89 bits per heavy atom. The SMILES string of the molecule is CC[C@@H]1CN(Cc2ccc(C(F)(F)F)cc2)CC[C@]1(O)c1ccc2ncc(C3CCC(=O)NC3=O)cc2c1. The Bertz CT molecular complexity index is 1360. The van der Waals surface area contributed by atoms with Gasteiger partial charge < -0.3 is 5.11 Å². The van der Waals surface area contributed by atoms with Crippen LogP contribution in [0.1, 0.15) is 60.8 Å². The van der Waals surface area contributed by atoms with E-state index in [2.05, 4.69) is 15.2 Å². The molecule has 0 saturated carbocycles. The summed E-state index contributed by atoms with van der Waals surface area (Å²) in [4.78, 5) is 30.6. The number of aliphatic hydroxyl groups is 1. The molecule has 5 rings (SSSR count). The van der Waals surface area contributed by atoms with Gasteiger partial charge in [0.25, 0.3) is 0 Å². The van der Waals surface area contributed by atoms with E-state index in [1.54, 1.807) is 6.20 Å². The highest BCUT2D eigenvalue weighted by Gasteiger charge is 2.42. The Hall–Kier alpha value is -3.30.